The van der Waals surface area contributed by atoms with Crippen molar-refractivity contribution in [2.45, 2.75) is 52.9 Å². The van der Waals surface area contributed by atoms with Crippen LogP contribution in [-0.2, 0) is 33.4 Å². The molecule has 30 heavy (non-hydrogen) atoms. The molecular formula is C23H28O7. The van der Waals surface area contributed by atoms with Gasteiger partial charge in [-0.05, 0) is 25.8 Å². The van der Waals surface area contributed by atoms with Gasteiger partial charge in [0.1, 0.15) is 18.3 Å². The highest BCUT2D eigenvalue weighted by atomic mass is 16.6. The summed E-state index contributed by atoms with van der Waals surface area (Å²) in [7, 11) is 0. The summed E-state index contributed by atoms with van der Waals surface area (Å²) in [5.74, 6) is -3.96. The number of ether oxygens (including phenoxy) is 3. The maximum atomic E-state index is 13.0. The van der Waals surface area contributed by atoms with Crippen molar-refractivity contribution in [3.63, 3.8) is 0 Å². The molecule has 3 aliphatic rings. The number of hydrogen-bond acceptors (Lipinski definition) is 7. The second kappa shape index (κ2) is 7.52. The molecule has 0 unspecified atom stereocenters. The van der Waals surface area contributed by atoms with E-state index in [4.69, 9.17) is 14.2 Å². The number of carbonyl (C=O) groups is 4. The van der Waals surface area contributed by atoms with Crippen LogP contribution in [0.1, 0.15) is 34.6 Å². The second-order valence-electron chi connectivity index (χ2n) is 8.97. The fraction of sp³-hybridized carbons (Fsp3) is 0.565. The Labute approximate surface area is 176 Å². The summed E-state index contributed by atoms with van der Waals surface area (Å²) in [5, 5.41) is 0. The van der Waals surface area contributed by atoms with Crippen LogP contribution < -0.4 is 0 Å². The first-order valence-corrected chi connectivity index (χ1v) is 10.1. The molecule has 0 amide bonds. The van der Waals surface area contributed by atoms with Gasteiger partial charge in [0.15, 0.2) is 5.78 Å². The average molecular weight is 416 g/mol. The van der Waals surface area contributed by atoms with E-state index in [-0.39, 0.29) is 28.8 Å². The van der Waals surface area contributed by atoms with Gasteiger partial charge in [-0.1, -0.05) is 40.0 Å². The van der Waals surface area contributed by atoms with Crippen LogP contribution >= 0.6 is 0 Å². The van der Waals surface area contributed by atoms with Crippen LogP contribution in [0.25, 0.3) is 0 Å². The van der Waals surface area contributed by atoms with E-state index in [2.05, 4.69) is 13.2 Å². The molecule has 1 heterocycles. The molecule has 1 aliphatic heterocycles. The van der Waals surface area contributed by atoms with Crippen LogP contribution in [0.3, 0.4) is 0 Å². The smallest absolute Gasteiger partial charge is 0.334 e. The van der Waals surface area contributed by atoms with Gasteiger partial charge in [-0.15, -0.1) is 0 Å². The summed E-state index contributed by atoms with van der Waals surface area (Å²) >= 11 is 0. The maximum absolute atomic E-state index is 13.0. The predicted octanol–water partition coefficient (Wildman–Crippen LogP) is 2.55. The van der Waals surface area contributed by atoms with Gasteiger partial charge < -0.3 is 14.2 Å². The van der Waals surface area contributed by atoms with Gasteiger partial charge >= 0.3 is 17.9 Å². The van der Waals surface area contributed by atoms with E-state index in [0.29, 0.717) is 0 Å². The van der Waals surface area contributed by atoms with Gasteiger partial charge in [0.05, 0.1) is 17.3 Å². The van der Waals surface area contributed by atoms with E-state index < -0.39 is 53.5 Å². The Balaban J connectivity index is 2.15. The maximum Gasteiger partial charge on any atom is 0.334 e. The Kier molecular flexibility index (Phi) is 5.52. The fourth-order valence-electron chi connectivity index (χ4n) is 4.75. The monoisotopic (exact) mass is 416 g/mol. The summed E-state index contributed by atoms with van der Waals surface area (Å²) < 4.78 is 17.1. The van der Waals surface area contributed by atoms with Crippen molar-refractivity contribution in [1.29, 1.82) is 0 Å². The summed E-state index contributed by atoms with van der Waals surface area (Å²) in [6, 6.07) is 0. The number of rotatable bonds is 4. The Morgan fingerprint density at radius 2 is 1.87 bits per heavy atom. The SMILES string of the molecule is C=C(C)C(=O)O[C@H]1[C@@H]2C(=C)C(=O)O[C@@H]2[C@H](OC(=O)C(C)C)[C@@H](C)[C@@H]2C=CC(=O)[C@]21C. The van der Waals surface area contributed by atoms with Gasteiger partial charge in [0, 0.05) is 17.1 Å². The van der Waals surface area contributed by atoms with E-state index >= 15 is 0 Å². The lowest BCUT2D eigenvalue weighted by atomic mass is 9.67. The first-order chi connectivity index (χ1) is 13.9. The molecule has 7 nitrogen and oxygen atoms in total. The van der Waals surface area contributed by atoms with Crippen molar-refractivity contribution in [3.8, 4) is 0 Å². The molecular weight excluding hydrogens is 388 g/mol. The molecule has 2 aliphatic carbocycles. The quantitative estimate of drug-likeness (QED) is 0.395. The predicted molar refractivity (Wildman–Crippen MR) is 107 cm³/mol. The van der Waals surface area contributed by atoms with Crippen LogP contribution in [0.4, 0.5) is 0 Å². The third-order valence-corrected chi connectivity index (χ3v) is 6.57. The average Bonchev–Trinajstić information content (AvgIpc) is 3.11. The molecule has 0 radical (unpaired) electrons. The van der Waals surface area contributed by atoms with E-state index in [1.807, 2.05) is 6.92 Å². The van der Waals surface area contributed by atoms with E-state index in [0.717, 1.165) is 0 Å². The zero-order valence-electron chi connectivity index (χ0n) is 18.0. The van der Waals surface area contributed by atoms with E-state index in [9.17, 15) is 19.2 Å². The number of esters is 3. The molecule has 0 N–H and O–H groups in total. The summed E-state index contributed by atoms with van der Waals surface area (Å²) in [4.78, 5) is 50.4. The number of carbonyl (C=O) groups excluding carboxylic acids is 4. The Morgan fingerprint density at radius 3 is 2.43 bits per heavy atom. The normalized spacial score (nSPS) is 37.3. The highest BCUT2D eigenvalue weighted by Crippen LogP contribution is 2.55. The van der Waals surface area contributed by atoms with Gasteiger partial charge in [-0.3, -0.25) is 9.59 Å². The molecule has 7 atom stereocenters. The second-order valence-corrected chi connectivity index (χ2v) is 8.97. The zero-order valence-corrected chi connectivity index (χ0v) is 18.0. The molecule has 2 fully saturated rings. The molecule has 3 rings (SSSR count). The minimum Gasteiger partial charge on any atom is -0.458 e. The lowest BCUT2D eigenvalue weighted by Gasteiger charge is -2.39. The summed E-state index contributed by atoms with van der Waals surface area (Å²) in [6.07, 6.45) is 0.473. The van der Waals surface area contributed by atoms with E-state index in [1.54, 1.807) is 26.8 Å². The lowest BCUT2D eigenvalue weighted by molar-refractivity contribution is -0.171. The molecule has 1 saturated carbocycles. The third kappa shape index (κ3) is 3.20. The summed E-state index contributed by atoms with van der Waals surface area (Å²) in [6.45, 7) is 15.9. The van der Waals surface area contributed by atoms with Crippen LogP contribution in [0.15, 0.2) is 36.5 Å². The molecule has 162 valence electrons. The molecule has 1 saturated heterocycles. The van der Waals surface area contributed by atoms with Crippen LogP contribution in [0.2, 0.25) is 0 Å². The first kappa shape index (κ1) is 22.0. The highest BCUT2D eigenvalue weighted by molar-refractivity contribution is 5.99. The number of allylic oxidation sites excluding steroid dienone is 2. The van der Waals surface area contributed by atoms with Crippen molar-refractivity contribution < 1.29 is 33.4 Å². The van der Waals surface area contributed by atoms with Crippen molar-refractivity contribution in [2.24, 2.45) is 29.1 Å². The van der Waals surface area contributed by atoms with Crippen LogP contribution in [0.5, 0.6) is 0 Å². The Hall–Kier alpha value is -2.70. The topological polar surface area (TPSA) is 96.0 Å². The third-order valence-electron chi connectivity index (χ3n) is 6.57. The highest BCUT2D eigenvalue weighted by Gasteiger charge is 2.65. The minimum absolute atomic E-state index is 0.0962. The number of fused-ring (bicyclic) bond motifs is 2. The molecule has 0 aromatic rings. The number of ketones is 1. The zero-order chi connectivity index (χ0) is 22.5. The van der Waals surface area contributed by atoms with Gasteiger partial charge in [0.2, 0.25) is 0 Å². The minimum atomic E-state index is -1.16. The van der Waals surface area contributed by atoms with Crippen molar-refractivity contribution in [2.75, 3.05) is 0 Å². The fourth-order valence-corrected chi connectivity index (χ4v) is 4.75. The molecule has 7 heteroatoms. The van der Waals surface area contributed by atoms with Crippen LogP contribution in [0, 0.1) is 29.1 Å². The Bertz CT molecular complexity index is 867. The standard InChI is InChI=1S/C23H28O7/c1-10(2)20(25)28-17-12(5)14-8-9-15(24)23(14,7)19(30-21(26)11(3)4)16-13(6)22(27)29-18(16)17/h8-10,12,14,16-19H,3,6H2,1-2,4-5,7H3/t12-,14-,16+,17+,18-,19-,23-/m0/s1. The number of hydrogen-bond donors (Lipinski definition) is 0. The van der Waals surface area contributed by atoms with Gasteiger partial charge in [0.25, 0.3) is 0 Å². The summed E-state index contributed by atoms with van der Waals surface area (Å²) in [5.41, 5.74) is -0.900. The van der Waals surface area contributed by atoms with Crippen molar-refractivity contribution in [3.05, 3.63) is 36.5 Å². The molecule has 0 spiro atoms. The first-order valence-electron chi connectivity index (χ1n) is 10.1. The Morgan fingerprint density at radius 1 is 1.23 bits per heavy atom. The van der Waals surface area contributed by atoms with Crippen molar-refractivity contribution in [1.82, 2.24) is 0 Å². The van der Waals surface area contributed by atoms with Gasteiger partial charge in [-0.25, -0.2) is 9.59 Å². The van der Waals surface area contributed by atoms with E-state index in [1.165, 1.54) is 13.0 Å². The van der Waals surface area contributed by atoms with Crippen LogP contribution in [-0.4, -0.2) is 42.0 Å². The van der Waals surface area contributed by atoms with Gasteiger partial charge in [-0.2, -0.15) is 0 Å². The largest absolute Gasteiger partial charge is 0.458 e. The van der Waals surface area contributed by atoms with Crippen molar-refractivity contribution >= 4 is 23.7 Å². The molecule has 0 aromatic carbocycles. The molecule has 0 bridgehead atoms. The lowest BCUT2D eigenvalue weighted by Crippen LogP contribution is -2.49. The molecule has 0 aromatic heterocycles.